The van der Waals surface area contributed by atoms with Gasteiger partial charge in [-0.2, -0.15) is 0 Å². The van der Waals surface area contributed by atoms with Crippen molar-refractivity contribution in [1.82, 2.24) is 9.97 Å². The van der Waals surface area contributed by atoms with E-state index in [1.807, 2.05) is 57.5 Å². The van der Waals surface area contributed by atoms with E-state index in [0.29, 0.717) is 0 Å². The molecule has 0 bridgehead atoms. The molecule has 0 spiro atoms. The Balaban J connectivity index is 0.000000134. The Morgan fingerprint density at radius 3 is 0.892 bits per heavy atom. The third-order valence-electron chi connectivity index (χ3n) is 26.5. The van der Waals surface area contributed by atoms with Crippen LogP contribution in [0.1, 0.15) is 0 Å². The van der Waals surface area contributed by atoms with E-state index in [2.05, 4.69) is 413 Å². The molecule has 0 aliphatic carbocycles. The molecular formula is C122H70N2O2S4. The van der Waals surface area contributed by atoms with Gasteiger partial charge < -0.3 is 8.83 Å². The zero-order chi connectivity index (χ0) is 85.2. The standard InChI is InChI=1S/2C61H35NOS2/c1-2-14-37(15-3-1)56-57-48-18-4-8-24-51(48)62-59(50(57)35-53-58(56)49-19-5-9-25-52(49)63-53)38-30-28-36(29-31-38)39-32-40(42-20-12-22-46-44-16-6-10-26-54(44)64-60(42)46)34-41(33-39)43-21-13-23-47-45-17-7-11-27-55(45)65-61(43)47;1-2-12-37(13-3-1)58-59-48-16-4-8-18-51(48)62-61(50(59)35-53-60(58)49-17-5-9-19-52(49)63-53)38-24-22-36(23-25-38)41-30-42(39-26-28-46-44-14-6-10-20-54(44)64-56(46)33-39)32-43(31-41)40-27-29-47-45-15-7-11-21-55(45)65-57(47)34-40/h2*1-35H. The normalized spacial score (nSPS) is 12.0. The van der Waals surface area contributed by atoms with Crippen molar-refractivity contribution in [3.63, 3.8) is 0 Å². The zero-order valence-corrected chi connectivity index (χ0v) is 73.0. The van der Waals surface area contributed by atoms with Crippen molar-refractivity contribution >= 4 is 213 Å². The van der Waals surface area contributed by atoms with Gasteiger partial charge in [-0.25, -0.2) is 9.97 Å². The van der Waals surface area contributed by atoms with Crippen LogP contribution in [-0.4, -0.2) is 9.97 Å². The first-order chi connectivity index (χ1) is 64.4. The SMILES string of the molecule is c1ccc(-c2c3c(cc4c(-c5ccc(-c6cc(-c7ccc8c(c7)sc7ccccc78)cc(-c7ccc8c(c7)sc7ccccc78)c6)cc5)nc5ccccc5c24)oc2ccccc23)cc1.c1ccc(-c2c3c(cc4c(-c5ccc(-c6cc(-c7cccc8c7sc7ccccc78)cc(-c7cccc8c7sc7ccccc78)c6)cc5)nc5ccccc5c24)oc2ccccc23)cc1. The predicted octanol–water partition coefficient (Wildman–Crippen LogP) is 36.7. The highest BCUT2D eigenvalue weighted by Crippen LogP contribution is 2.52. The molecule has 0 aliphatic rings. The van der Waals surface area contributed by atoms with Crippen LogP contribution in [0.3, 0.4) is 0 Å². The molecule has 8 aromatic heterocycles. The zero-order valence-electron chi connectivity index (χ0n) is 69.8. The highest BCUT2D eigenvalue weighted by Gasteiger charge is 2.27. The van der Waals surface area contributed by atoms with E-state index >= 15 is 0 Å². The summed E-state index contributed by atoms with van der Waals surface area (Å²) >= 11 is 7.50. The largest absolute Gasteiger partial charge is 0.456 e. The maximum atomic E-state index is 6.66. The average Bonchev–Trinajstić information content (AvgIpc) is 1.42. The van der Waals surface area contributed by atoms with Gasteiger partial charge in [0.05, 0.1) is 22.4 Å². The van der Waals surface area contributed by atoms with E-state index in [0.717, 1.165) is 121 Å². The number of thiophene rings is 4. The molecule has 28 rings (SSSR count). The van der Waals surface area contributed by atoms with Gasteiger partial charge in [-0.1, -0.05) is 315 Å². The van der Waals surface area contributed by atoms with Gasteiger partial charge in [-0.05, 0) is 187 Å². The molecule has 130 heavy (non-hydrogen) atoms. The number of nitrogens with zero attached hydrogens (tertiary/aromatic N) is 2. The van der Waals surface area contributed by atoms with Gasteiger partial charge in [0.25, 0.3) is 0 Å². The molecule has 0 aliphatic heterocycles. The van der Waals surface area contributed by atoms with Crippen molar-refractivity contribution in [1.29, 1.82) is 0 Å². The van der Waals surface area contributed by atoms with Crippen LogP contribution in [0.2, 0.25) is 0 Å². The molecular weight excluding hydrogens is 1650 g/mol. The number of rotatable bonds is 10. The maximum Gasteiger partial charge on any atom is 0.136 e. The Kier molecular flexibility index (Phi) is 17.2. The molecule has 604 valence electrons. The highest BCUT2D eigenvalue weighted by atomic mass is 32.1. The molecule has 20 aromatic carbocycles. The molecule has 28 aromatic rings. The molecule has 8 heteroatoms. The molecule has 0 amide bonds. The first-order valence-corrected chi connectivity index (χ1v) is 47.3. The number of furan rings is 2. The first-order valence-electron chi connectivity index (χ1n) is 44.0. The van der Waals surface area contributed by atoms with E-state index in [1.165, 1.54) is 158 Å². The van der Waals surface area contributed by atoms with Gasteiger partial charge in [0.15, 0.2) is 0 Å². The van der Waals surface area contributed by atoms with E-state index < -0.39 is 0 Å². The molecule has 0 unspecified atom stereocenters. The quantitative estimate of drug-likeness (QED) is 0.128. The smallest absolute Gasteiger partial charge is 0.136 e. The van der Waals surface area contributed by atoms with Crippen LogP contribution in [0.5, 0.6) is 0 Å². The van der Waals surface area contributed by atoms with Crippen molar-refractivity contribution in [3.8, 4) is 112 Å². The Hall–Kier alpha value is -15.8. The number of aromatic nitrogens is 2. The summed E-state index contributed by atoms with van der Waals surface area (Å²) in [6.07, 6.45) is 0. The lowest BCUT2D eigenvalue weighted by Crippen LogP contribution is -1.93. The van der Waals surface area contributed by atoms with Gasteiger partial charge in [0.1, 0.15) is 22.3 Å². The number of benzene rings is 20. The van der Waals surface area contributed by atoms with E-state index in [-0.39, 0.29) is 0 Å². The number of hydrogen-bond donors (Lipinski definition) is 0. The topological polar surface area (TPSA) is 52.1 Å². The number of fused-ring (bicyclic) bond motifs is 24. The summed E-state index contributed by atoms with van der Waals surface area (Å²) in [4.78, 5) is 10.9. The summed E-state index contributed by atoms with van der Waals surface area (Å²) in [6, 6.07) is 155. The first kappa shape index (κ1) is 74.5. The molecule has 4 nitrogen and oxygen atoms in total. The third-order valence-corrected chi connectivity index (χ3v) is 31.2. The second-order valence-corrected chi connectivity index (χ2v) is 38.2. The molecule has 0 saturated heterocycles. The number of pyridine rings is 2. The van der Waals surface area contributed by atoms with Crippen LogP contribution in [-0.2, 0) is 0 Å². The van der Waals surface area contributed by atoms with Gasteiger partial charge in [-0.3, -0.25) is 0 Å². The molecule has 0 atom stereocenters. The molecule has 0 fully saturated rings. The number of hydrogen-bond acceptors (Lipinski definition) is 8. The third kappa shape index (κ3) is 12.1. The Morgan fingerprint density at radius 1 is 0.162 bits per heavy atom. The monoisotopic (exact) mass is 1720 g/mol. The van der Waals surface area contributed by atoms with Crippen molar-refractivity contribution < 1.29 is 8.83 Å². The Labute approximate surface area is 762 Å². The maximum absolute atomic E-state index is 6.66. The lowest BCUT2D eigenvalue weighted by molar-refractivity contribution is 0.669. The van der Waals surface area contributed by atoms with Crippen LogP contribution >= 0.6 is 45.3 Å². The number of para-hydroxylation sites is 4. The van der Waals surface area contributed by atoms with E-state index in [9.17, 15) is 0 Å². The molecule has 8 heterocycles. The lowest BCUT2D eigenvalue weighted by Gasteiger charge is -2.16. The van der Waals surface area contributed by atoms with E-state index in [1.54, 1.807) is 0 Å². The summed E-state index contributed by atoms with van der Waals surface area (Å²) in [7, 11) is 0. The Morgan fingerprint density at radius 2 is 0.469 bits per heavy atom. The van der Waals surface area contributed by atoms with Crippen LogP contribution in [0.4, 0.5) is 0 Å². The summed E-state index contributed by atoms with van der Waals surface area (Å²) in [6.45, 7) is 0. The fourth-order valence-electron chi connectivity index (χ4n) is 20.5. The van der Waals surface area contributed by atoms with Crippen molar-refractivity contribution in [2.75, 3.05) is 0 Å². The van der Waals surface area contributed by atoms with Crippen molar-refractivity contribution in [2.45, 2.75) is 0 Å². The average molecular weight is 1720 g/mol. The van der Waals surface area contributed by atoms with Crippen LogP contribution in [0.25, 0.3) is 279 Å². The minimum atomic E-state index is 0.860. The minimum Gasteiger partial charge on any atom is -0.456 e. The molecule has 0 N–H and O–H groups in total. The van der Waals surface area contributed by atoms with Crippen molar-refractivity contribution in [3.05, 3.63) is 425 Å². The second kappa shape index (κ2) is 29.9. The fraction of sp³-hybridized carbons (Fsp3) is 0. The van der Waals surface area contributed by atoms with Gasteiger partial charge in [0, 0.05) is 157 Å². The predicted molar refractivity (Wildman–Crippen MR) is 559 cm³/mol. The van der Waals surface area contributed by atoms with Crippen LogP contribution < -0.4 is 0 Å². The van der Waals surface area contributed by atoms with Gasteiger partial charge in [-0.15, -0.1) is 45.3 Å². The Bertz CT molecular complexity index is 9300. The van der Waals surface area contributed by atoms with Crippen molar-refractivity contribution in [2.24, 2.45) is 0 Å². The van der Waals surface area contributed by atoms with Gasteiger partial charge >= 0.3 is 0 Å². The summed E-state index contributed by atoms with van der Waals surface area (Å²) < 4.78 is 23.8. The minimum absolute atomic E-state index is 0.860. The van der Waals surface area contributed by atoms with E-state index in [4.69, 9.17) is 18.8 Å². The summed E-state index contributed by atoms with van der Waals surface area (Å²) in [5.74, 6) is 0. The lowest BCUT2D eigenvalue weighted by atomic mass is 9.89. The van der Waals surface area contributed by atoms with Gasteiger partial charge in [0.2, 0.25) is 0 Å². The molecule has 0 saturated carbocycles. The van der Waals surface area contributed by atoms with Crippen LogP contribution in [0, 0.1) is 0 Å². The summed E-state index contributed by atoms with van der Waals surface area (Å²) in [5, 5.41) is 21.7. The summed E-state index contributed by atoms with van der Waals surface area (Å²) in [5.41, 5.74) is 28.4. The van der Waals surface area contributed by atoms with Crippen LogP contribution in [0.15, 0.2) is 433 Å². The highest BCUT2D eigenvalue weighted by molar-refractivity contribution is 7.27. The molecule has 0 radical (unpaired) electrons. The second-order valence-electron chi connectivity index (χ2n) is 33.9. The fourth-order valence-corrected chi connectivity index (χ4v) is 25.3.